The first-order valence-electron chi connectivity index (χ1n) is 15.0. The number of allylic oxidation sites excluding steroid dienone is 1. The third-order valence-electron chi connectivity index (χ3n) is 10.0. The van der Waals surface area contributed by atoms with E-state index < -0.39 is 0 Å². The second-order valence-corrected chi connectivity index (χ2v) is 12.3. The molecule has 0 aromatic heterocycles. The fourth-order valence-electron chi connectivity index (χ4n) is 7.97. The molecule has 3 aliphatic carbocycles. The van der Waals surface area contributed by atoms with Gasteiger partial charge >= 0.3 is 0 Å². The zero-order valence-electron chi connectivity index (χ0n) is 22.9. The number of unbranched alkanes of at least 4 members (excludes halogenated alkanes) is 6. The van der Waals surface area contributed by atoms with Crippen molar-refractivity contribution in [3.63, 3.8) is 0 Å². The molecule has 3 aliphatic rings. The van der Waals surface area contributed by atoms with Gasteiger partial charge in [-0.05, 0) is 97.9 Å². The molecule has 2 aromatic rings. The molecule has 5 atom stereocenters. The smallest absolute Gasteiger partial charge is 0.142 e. The summed E-state index contributed by atoms with van der Waals surface area (Å²) in [5.74, 6) is 3.76. The summed E-state index contributed by atoms with van der Waals surface area (Å²) in [4.78, 5) is 13.6. The van der Waals surface area contributed by atoms with Crippen LogP contribution in [0.3, 0.4) is 0 Å². The highest BCUT2D eigenvalue weighted by atomic mass is 16.5. The average Bonchev–Trinajstić information content (AvgIpc) is 3.19. The van der Waals surface area contributed by atoms with Crippen molar-refractivity contribution in [2.45, 2.75) is 103 Å². The van der Waals surface area contributed by atoms with E-state index >= 15 is 0 Å². The summed E-state index contributed by atoms with van der Waals surface area (Å²) in [6, 6.07) is 17.2. The highest BCUT2D eigenvalue weighted by molar-refractivity contribution is 5.89. The Hall–Kier alpha value is -2.35. The summed E-state index contributed by atoms with van der Waals surface area (Å²) < 4.78 is 6.14. The lowest BCUT2D eigenvalue weighted by Crippen LogP contribution is -2.42. The Balaban J connectivity index is 1.17. The van der Waals surface area contributed by atoms with Crippen LogP contribution in [0.5, 0.6) is 5.75 Å². The highest BCUT2D eigenvalue weighted by Crippen LogP contribution is 2.61. The van der Waals surface area contributed by atoms with Crippen LogP contribution in [-0.4, -0.2) is 5.78 Å². The van der Waals surface area contributed by atoms with Crippen molar-refractivity contribution in [2.75, 3.05) is 0 Å². The number of ketones is 1. The number of aryl methyl sites for hydroxylation is 1. The SMILES string of the molecule is C=CCCCCCCCC[C@H]1C[C@H]2[C@@H]3CCc4cc(OCc5ccccc5)ccc4[C@H]3CC[C@]2(C)C1=O. The van der Waals surface area contributed by atoms with Gasteiger partial charge in [0, 0.05) is 11.3 Å². The van der Waals surface area contributed by atoms with E-state index in [2.05, 4.69) is 56.0 Å². The molecule has 2 nitrogen and oxygen atoms in total. The predicted molar refractivity (Wildman–Crippen MR) is 153 cm³/mol. The maximum atomic E-state index is 13.6. The number of hydrogen-bond donors (Lipinski definition) is 0. The first kappa shape index (κ1) is 26.3. The van der Waals surface area contributed by atoms with Gasteiger partial charge in [0.2, 0.25) is 0 Å². The lowest BCUT2D eigenvalue weighted by Gasteiger charge is -2.48. The van der Waals surface area contributed by atoms with Gasteiger partial charge < -0.3 is 4.74 Å². The Morgan fingerprint density at radius 1 is 1.00 bits per heavy atom. The number of rotatable bonds is 12. The van der Waals surface area contributed by atoms with Crippen LogP contribution in [0.1, 0.15) is 107 Å². The van der Waals surface area contributed by atoms with Crippen LogP contribution in [0.15, 0.2) is 61.2 Å². The van der Waals surface area contributed by atoms with Crippen molar-refractivity contribution in [3.05, 3.63) is 77.9 Å². The molecule has 2 heteroatoms. The molecule has 2 fully saturated rings. The van der Waals surface area contributed by atoms with Crippen molar-refractivity contribution in [3.8, 4) is 5.75 Å². The van der Waals surface area contributed by atoms with E-state index in [0.29, 0.717) is 36.1 Å². The first-order chi connectivity index (χ1) is 18.1. The summed E-state index contributed by atoms with van der Waals surface area (Å²) in [5.41, 5.74) is 4.14. The fourth-order valence-corrected chi connectivity index (χ4v) is 7.97. The summed E-state index contributed by atoms with van der Waals surface area (Å²) in [6.07, 6.45) is 17.8. The minimum atomic E-state index is -0.0766. The number of Topliss-reactive ketones (excluding diaryl/α,β-unsaturated/α-hetero) is 1. The van der Waals surface area contributed by atoms with E-state index in [-0.39, 0.29) is 5.41 Å². The van der Waals surface area contributed by atoms with Gasteiger partial charge in [-0.3, -0.25) is 4.79 Å². The Labute approximate surface area is 224 Å². The van der Waals surface area contributed by atoms with Crippen molar-refractivity contribution in [1.82, 2.24) is 0 Å². The zero-order valence-corrected chi connectivity index (χ0v) is 22.9. The van der Waals surface area contributed by atoms with E-state index in [9.17, 15) is 4.79 Å². The van der Waals surface area contributed by atoms with Crippen LogP contribution in [0.2, 0.25) is 0 Å². The van der Waals surface area contributed by atoms with E-state index in [1.165, 1.54) is 61.6 Å². The third-order valence-corrected chi connectivity index (χ3v) is 10.0. The second-order valence-electron chi connectivity index (χ2n) is 12.3. The van der Waals surface area contributed by atoms with Gasteiger partial charge in [0.25, 0.3) is 0 Å². The number of ether oxygens (including phenoxy) is 1. The van der Waals surface area contributed by atoms with Gasteiger partial charge in [-0.2, -0.15) is 0 Å². The third kappa shape index (κ3) is 5.74. The van der Waals surface area contributed by atoms with Crippen LogP contribution in [-0.2, 0) is 17.8 Å². The number of carbonyl (C=O) groups excluding carboxylic acids is 1. The average molecular weight is 499 g/mol. The second kappa shape index (κ2) is 12.0. The van der Waals surface area contributed by atoms with Crippen LogP contribution in [0.25, 0.3) is 0 Å². The number of carbonyl (C=O) groups is 1. The molecule has 0 spiro atoms. The summed E-state index contributed by atoms with van der Waals surface area (Å²) in [5, 5.41) is 0. The normalized spacial score (nSPS) is 28.3. The van der Waals surface area contributed by atoms with Gasteiger partial charge in [0.15, 0.2) is 0 Å². The molecule has 2 saturated carbocycles. The summed E-state index contributed by atoms with van der Waals surface area (Å²) in [7, 11) is 0. The number of hydrogen-bond acceptors (Lipinski definition) is 2. The molecule has 0 heterocycles. The van der Waals surface area contributed by atoms with Crippen molar-refractivity contribution in [2.24, 2.45) is 23.2 Å². The monoisotopic (exact) mass is 498 g/mol. The molecule has 0 bridgehead atoms. The molecular formula is C35H46O2. The van der Waals surface area contributed by atoms with Crippen LogP contribution >= 0.6 is 0 Å². The van der Waals surface area contributed by atoms with Crippen LogP contribution in [0, 0.1) is 23.2 Å². The Kier molecular flexibility index (Phi) is 8.53. The van der Waals surface area contributed by atoms with Crippen LogP contribution in [0.4, 0.5) is 0 Å². The quantitative estimate of drug-likeness (QED) is 0.215. The molecular weight excluding hydrogens is 452 g/mol. The minimum Gasteiger partial charge on any atom is -0.489 e. The maximum Gasteiger partial charge on any atom is 0.142 e. The van der Waals surface area contributed by atoms with Gasteiger partial charge in [0.05, 0.1) is 0 Å². The van der Waals surface area contributed by atoms with E-state index in [1.807, 2.05) is 12.1 Å². The topological polar surface area (TPSA) is 26.3 Å². The molecule has 0 amide bonds. The molecule has 0 N–H and O–H groups in total. The molecule has 0 unspecified atom stereocenters. The standard InChI is InChI=1S/C35H46O2/c1-3-4-5-6-7-8-9-13-16-28-24-33-32-19-17-27-23-29(37-25-26-14-11-10-12-15-26)18-20-30(27)31(32)21-22-35(33,2)34(28)36/h3,10-12,14-15,18,20,23,28,31-33H,1,4-9,13,16-17,19,21-22,24-25H2,2H3/t28-,31+,32+,33-,35-/m0/s1. The van der Waals surface area contributed by atoms with Gasteiger partial charge in [-0.15, -0.1) is 6.58 Å². The fraction of sp³-hybridized carbons (Fsp3) is 0.571. The Morgan fingerprint density at radius 2 is 1.78 bits per heavy atom. The van der Waals surface area contributed by atoms with E-state index in [1.54, 1.807) is 0 Å². The summed E-state index contributed by atoms with van der Waals surface area (Å²) >= 11 is 0. The molecule has 0 aliphatic heterocycles. The van der Waals surface area contributed by atoms with Crippen molar-refractivity contribution >= 4 is 5.78 Å². The van der Waals surface area contributed by atoms with Gasteiger partial charge in [-0.25, -0.2) is 0 Å². The largest absolute Gasteiger partial charge is 0.489 e. The van der Waals surface area contributed by atoms with Crippen LogP contribution < -0.4 is 4.74 Å². The molecule has 5 rings (SSSR count). The zero-order chi connectivity index (χ0) is 25.7. The number of benzene rings is 2. The molecule has 0 radical (unpaired) electrons. The highest BCUT2D eigenvalue weighted by Gasteiger charge is 2.57. The van der Waals surface area contributed by atoms with Gasteiger partial charge in [-0.1, -0.05) is 81.5 Å². The first-order valence-corrected chi connectivity index (χ1v) is 15.0. The van der Waals surface area contributed by atoms with Gasteiger partial charge in [0.1, 0.15) is 18.1 Å². The Bertz CT molecular complexity index is 1060. The van der Waals surface area contributed by atoms with E-state index in [0.717, 1.165) is 44.3 Å². The Morgan fingerprint density at radius 3 is 2.59 bits per heavy atom. The number of fused-ring (bicyclic) bond motifs is 5. The molecule has 198 valence electrons. The minimum absolute atomic E-state index is 0.0766. The van der Waals surface area contributed by atoms with Crippen molar-refractivity contribution < 1.29 is 9.53 Å². The summed E-state index contributed by atoms with van der Waals surface area (Å²) in [6.45, 7) is 6.76. The molecule has 37 heavy (non-hydrogen) atoms. The molecule has 0 saturated heterocycles. The lowest BCUT2D eigenvalue weighted by molar-refractivity contribution is -0.132. The predicted octanol–water partition coefficient (Wildman–Crippen LogP) is 9.22. The molecule has 2 aromatic carbocycles. The van der Waals surface area contributed by atoms with E-state index in [4.69, 9.17) is 4.74 Å². The lowest BCUT2D eigenvalue weighted by atomic mass is 9.55. The van der Waals surface area contributed by atoms with Crippen molar-refractivity contribution in [1.29, 1.82) is 0 Å². The maximum absolute atomic E-state index is 13.6.